The van der Waals surface area contributed by atoms with Crippen LogP contribution < -0.4 is 10.2 Å². The van der Waals surface area contributed by atoms with Gasteiger partial charge in [0.2, 0.25) is 5.95 Å². The molecule has 0 spiro atoms. The van der Waals surface area contributed by atoms with Crippen molar-refractivity contribution in [2.75, 3.05) is 43.1 Å². The molecule has 1 fully saturated rings. The maximum absolute atomic E-state index is 11.9. The number of pyridine rings is 2. The van der Waals surface area contributed by atoms with Crippen LogP contribution >= 0.6 is 0 Å². The van der Waals surface area contributed by atoms with Crippen LogP contribution in [0.5, 0.6) is 0 Å². The van der Waals surface area contributed by atoms with E-state index in [2.05, 4.69) is 46.4 Å². The molecule has 1 N–H and O–H groups in total. The summed E-state index contributed by atoms with van der Waals surface area (Å²) in [6, 6.07) is 14.1. The van der Waals surface area contributed by atoms with E-state index in [1.807, 2.05) is 18.2 Å². The van der Waals surface area contributed by atoms with E-state index in [0.29, 0.717) is 42.3 Å². The zero-order valence-electron chi connectivity index (χ0n) is 21.1. The summed E-state index contributed by atoms with van der Waals surface area (Å²) in [5, 5.41) is 3.39. The average Bonchev–Trinajstić information content (AvgIpc) is 2.92. The van der Waals surface area contributed by atoms with Gasteiger partial charge in [-0.15, -0.1) is 0 Å². The number of benzene rings is 1. The first-order valence-corrected chi connectivity index (χ1v) is 12.4. The van der Waals surface area contributed by atoms with Crippen LogP contribution in [0.1, 0.15) is 35.3 Å². The molecule has 190 valence electrons. The van der Waals surface area contributed by atoms with Gasteiger partial charge in [0.05, 0.1) is 18.7 Å². The summed E-state index contributed by atoms with van der Waals surface area (Å²) in [4.78, 5) is 32.7. The smallest absolute Gasteiger partial charge is 0.303 e. The minimum Gasteiger partial charge on any atom is -0.453 e. The van der Waals surface area contributed by atoms with Gasteiger partial charge in [-0.05, 0) is 31.0 Å². The molecule has 0 aliphatic carbocycles. The van der Waals surface area contributed by atoms with Crippen molar-refractivity contribution in [3.63, 3.8) is 0 Å². The van der Waals surface area contributed by atoms with Gasteiger partial charge >= 0.3 is 5.97 Å². The van der Waals surface area contributed by atoms with Crippen LogP contribution in [0.25, 0.3) is 11.0 Å². The fraction of sp³-hybridized carbons (Fsp3) is 0.321. The molecular weight excluding hydrogens is 468 g/mol. The number of ether oxygens (including phenoxy) is 2. The number of anilines is 2. The number of fused-ring (bicyclic) bond motifs is 1. The van der Waals surface area contributed by atoms with Gasteiger partial charge in [-0.3, -0.25) is 14.8 Å². The summed E-state index contributed by atoms with van der Waals surface area (Å²) in [7, 11) is 0. The Hall–Kier alpha value is -4.11. The molecule has 1 aliphatic heterocycles. The normalized spacial score (nSPS) is 14.4. The second-order valence-corrected chi connectivity index (χ2v) is 9.05. The standard InChI is InChI=1S/C28H30N6O3/c1-19-5-3-6-21(15-19)8-10-30-28-32-24-16-23(26(37-20(2)35)22-7-4-9-29-17-22)18-31-25(24)27(33-28)34-11-13-36-14-12-34/h3-7,9,15-18,26H,8,10-14H2,1-2H3,(H,30,32,33). The summed E-state index contributed by atoms with van der Waals surface area (Å²) in [5.41, 5.74) is 5.34. The highest BCUT2D eigenvalue weighted by atomic mass is 16.5. The van der Waals surface area contributed by atoms with E-state index in [1.54, 1.807) is 18.6 Å². The van der Waals surface area contributed by atoms with Gasteiger partial charge in [-0.2, -0.15) is 4.98 Å². The third kappa shape index (κ3) is 6.00. The van der Waals surface area contributed by atoms with Crippen molar-refractivity contribution in [3.8, 4) is 0 Å². The number of nitrogens with one attached hydrogen (secondary N) is 1. The second kappa shape index (κ2) is 11.3. The molecular formula is C28H30N6O3. The summed E-state index contributed by atoms with van der Waals surface area (Å²) in [6.07, 6.45) is 5.31. The Morgan fingerprint density at radius 3 is 2.73 bits per heavy atom. The van der Waals surface area contributed by atoms with E-state index in [-0.39, 0.29) is 5.97 Å². The topological polar surface area (TPSA) is 102 Å². The van der Waals surface area contributed by atoms with Crippen LogP contribution in [0.2, 0.25) is 0 Å². The van der Waals surface area contributed by atoms with Crippen LogP contribution in [-0.2, 0) is 20.7 Å². The fourth-order valence-corrected chi connectivity index (χ4v) is 4.45. The van der Waals surface area contributed by atoms with E-state index < -0.39 is 6.10 Å². The first-order chi connectivity index (χ1) is 18.1. The van der Waals surface area contributed by atoms with Crippen LogP contribution in [-0.4, -0.2) is 58.8 Å². The van der Waals surface area contributed by atoms with Crippen molar-refractivity contribution < 1.29 is 14.3 Å². The monoisotopic (exact) mass is 498 g/mol. The van der Waals surface area contributed by atoms with Crippen LogP contribution in [0.3, 0.4) is 0 Å². The number of nitrogens with zero attached hydrogens (tertiary/aromatic N) is 5. The van der Waals surface area contributed by atoms with Gasteiger partial charge in [0.15, 0.2) is 11.9 Å². The lowest BCUT2D eigenvalue weighted by Crippen LogP contribution is -2.37. The Morgan fingerprint density at radius 2 is 1.97 bits per heavy atom. The van der Waals surface area contributed by atoms with E-state index in [1.165, 1.54) is 18.1 Å². The quantitative estimate of drug-likeness (QED) is 0.363. The highest BCUT2D eigenvalue weighted by Crippen LogP contribution is 2.30. The first-order valence-electron chi connectivity index (χ1n) is 12.4. The van der Waals surface area contributed by atoms with E-state index >= 15 is 0 Å². The Kier molecular flexibility index (Phi) is 7.51. The van der Waals surface area contributed by atoms with Crippen molar-refractivity contribution in [2.45, 2.75) is 26.4 Å². The Morgan fingerprint density at radius 1 is 1.11 bits per heavy atom. The number of aryl methyl sites for hydroxylation is 1. The molecule has 3 aromatic heterocycles. The van der Waals surface area contributed by atoms with Gasteiger partial charge in [-0.1, -0.05) is 35.9 Å². The van der Waals surface area contributed by atoms with Crippen LogP contribution in [0.4, 0.5) is 11.8 Å². The number of rotatable bonds is 8. The predicted molar refractivity (Wildman–Crippen MR) is 142 cm³/mol. The van der Waals surface area contributed by atoms with E-state index in [4.69, 9.17) is 24.4 Å². The molecule has 0 radical (unpaired) electrons. The van der Waals surface area contributed by atoms with Crippen molar-refractivity contribution >= 4 is 28.8 Å². The molecule has 9 heteroatoms. The molecule has 4 heterocycles. The number of hydrogen-bond donors (Lipinski definition) is 1. The highest BCUT2D eigenvalue weighted by Gasteiger charge is 2.22. The predicted octanol–water partition coefficient (Wildman–Crippen LogP) is 3.87. The average molecular weight is 499 g/mol. The third-order valence-electron chi connectivity index (χ3n) is 6.20. The summed E-state index contributed by atoms with van der Waals surface area (Å²) >= 11 is 0. The number of carbonyl (C=O) groups is 1. The second-order valence-electron chi connectivity index (χ2n) is 9.05. The zero-order chi connectivity index (χ0) is 25.6. The lowest BCUT2D eigenvalue weighted by molar-refractivity contribution is -0.144. The molecule has 0 amide bonds. The van der Waals surface area contributed by atoms with E-state index in [0.717, 1.165) is 30.9 Å². The maximum atomic E-state index is 11.9. The molecule has 1 unspecified atom stereocenters. The molecule has 4 aromatic rings. The fourth-order valence-electron chi connectivity index (χ4n) is 4.45. The maximum Gasteiger partial charge on any atom is 0.303 e. The number of carbonyl (C=O) groups excluding carboxylic acids is 1. The third-order valence-corrected chi connectivity index (χ3v) is 6.20. The Labute approximate surface area is 215 Å². The molecule has 0 saturated carbocycles. The lowest BCUT2D eigenvalue weighted by atomic mass is 10.0. The molecule has 1 aliphatic rings. The Bertz CT molecular complexity index is 1380. The molecule has 1 saturated heterocycles. The SMILES string of the molecule is CC(=O)OC(c1cccnc1)c1cnc2c(N3CCOCC3)nc(NCCc3cccc(C)c3)nc2c1. The van der Waals surface area contributed by atoms with Gasteiger partial charge < -0.3 is 19.7 Å². The molecule has 9 nitrogen and oxygen atoms in total. The van der Waals surface area contributed by atoms with Gasteiger partial charge in [0.25, 0.3) is 0 Å². The van der Waals surface area contributed by atoms with Crippen LogP contribution in [0, 0.1) is 6.92 Å². The van der Waals surface area contributed by atoms with Crippen molar-refractivity contribution in [3.05, 3.63) is 83.3 Å². The van der Waals surface area contributed by atoms with Crippen molar-refractivity contribution in [1.82, 2.24) is 19.9 Å². The molecule has 0 bridgehead atoms. The highest BCUT2D eigenvalue weighted by molar-refractivity contribution is 5.87. The van der Waals surface area contributed by atoms with E-state index in [9.17, 15) is 4.79 Å². The Balaban J connectivity index is 1.49. The summed E-state index contributed by atoms with van der Waals surface area (Å²) in [5.74, 6) is 0.915. The number of esters is 1. The number of aromatic nitrogens is 4. The van der Waals surface area contributed by atoms with Gasteiger partial charge in [0.1, 0.15) is 5.52 Å². The number of morpholine rings is 1. The zero-order valence-corrected chi connectivity index (χ0v) is 21.1. The summed E-state index contributed by atoms with van der Waals surface area (Å²) in [6.45, 7) is 6.90. The minimum atomic E-state index is -0.636. The summed E-state index contributed by atoms with van der Waals surface area (Å²) < 4.78 is 11.2. The number of hydrogen-bond acceptors (Lipinski definition) is 9. The molecule has 1 aromatic carbocycles. The largest absolute Gasteiger partial charge is 0.453 e. The van der Waals surface area contributed by atoms with Crippen LogP contribution in [0.15, 0.2) is 61.1 Å². The molecule has 5 rings (SSSR count). The lowest BCUT2D eigenvalue weighted by Gasteiger charge is -2.28. The van der Waals surface area contributed by atoms with Crippen molar-refractivity contribution in [1.29, 1.82) is 0 Å². The molecule has 37 heavy (non-hydrogen) atoms. The van der Waals surface area contributed by atoms with Gasteiger partial charge in [-0.25, -0.2) is 4.98 Å². The van der Waals surface area contributed by atoms with Gasteiger partial charge in [0, 0.05) is 56.3 Å². The molecule has 1 atom stereocenters. The van der Waals surface area contributed by atoms with Crippen molar-refractivity contribution in [2.24, 2.45) is 0 Å². The first kappa shape index (κ1) is 24.6. The minimum absolute atomic E-state index is 0.385.